The normalized spacial score (nSPS) is 12.7. The minimum absolute atomic E-state index is 0.116. The van der Waals surface area contributed by atoms with E-state index in [4.69, 9.17) is 5.73 Å². The molecule has 0 aliphatic carbocycles. The van der Waals surface area contributed by atoms with Crippen molar-refractivity contribution in [1.29, 1.82) is 0 Å². The van der Waals surface area contributed by atoms with Crippen LogP contribution in [0.2, 0.25) is 0 Å². The lowest BCUT2D eigenvalue weighted by Crippen LogP contribution is -2.32. The molecule has 0 atom stereocenters. The summed E-state index contributed by atoms with van der Waals surface area (Å²) in [6, 6.07) is 7.58. The third-order valence-electron chi connectivity index (χ3n) is 2.44. The zero-order chi connectivity index (χ0) is 13.8. The fourth-order valence-corrected chi connectivity index (χ4v) is 3.36. The molecule has 0 unspecified atom stereocenters. The van der Waals surface area contributed by atoms with Gasteiger partial charge < -0.3 is 5.73 Å². The lowest BCUT2D eigenvalue weighted by Gasteiger charge is -2.18. The molecule has 0 saturated heterocycles. The average Bonchev–Trinajstić information content (AvgIpc) is 2.23. The molecular weight excluding hydrogens is 248 g/mol. The van der Waals surface area contributed by atoms with Crippen molar-refractivity contribution >= 4 is 10.0 Å². The Morgan fingerprint density at radius 3 is 2.22 bits per heavy atom. The third kappa shape index (κ3) is 5.16. The molecule has 0 aliphatic heterocycles. The molecule has 4 nitrogen and oxygen atoms in total. The van der Waals surface area contributed by atoms with Crippen LogP contribution in [0.3, 0.4) is 0 Å². The minimum Gasteiger partial charge on any atom is -0.326 e. The highest BCUT2D eigenvalue weighted by atomic mass is 32.2. The minimum atomic E-state index is -3.25. The molecule has 0 heterocycles. The number of rotatable bonds is 5. The quantitative estimate of drug-likeness (QED) is 0.854. The Kier molecular flexibility index (Phi) is 4.90. The van der Waals surface area contributed by atoms with Gasteiger partial charge in [-0.25, -0.2) is 13.1 Å². The van der Waals surface area contributed by atoms with Gasteiger partial charge in [0.25, 0.3) is 0 Å². The number of nitrogens with one attached hydrogen (secondary N) is 1. The van der Waals surface area contributed by atoms with E-state index in [0.29, 0.717) is 13.1 Å². The Balaban J connectivity index is 2.70. The molecule has 0 aromatic heterocycles. The summed E-state index contributed by atoms with van der Waals surface area (Å²) in [5, 5.41) is 0. The maximum absolute atomic E-state index is 11.9. The highest BCUT2D eigenvalue weighted by molar-refractivity contribution is 7.89. The highest BCUT2D eigenvalue weighted by Crippen LogP contribution is 2.16. The van der Waals surface area contributed by atoms with Crippen molar-refractivity contribution in [3.63, 3.8) is 0 Å². The second-order valence-electron chi connectivity index (χ2n) is 5.61. The van der Waals surface area contributed by atoms with Crippen molar-refractivity contribution in [2.45, 2.75) is 33.9 Å². The lowest BCUT2D eigenvalue weighted by molar-refractivity contribution is 0.458. The van der Waals surface area contributed by atoms with Crippen LogP contribution in [0.1, 0.15) is 31.9 Å². The van der Waals surface area contributed by atoms with Crippen molar-refractivity contribution in [3.05, 3.63) is 35.4 Å². The molecule has 0 saturated carbocycles. The fraction of sp³-hybridized carbons (Fsp3) is 0.538. The summed E-state index contributed by atoms with van der Waals surface area (Å²) in [6.45, 7) is 6.42. The topological polar surface area (TPSA) is 72.2 Å². The summed E-state index contributed by atoms with van der Waals surface area (Å²) in [5.74, 6) is 0.116. The van der Waals surface area contributed by atoms with E-state index >= 15 is 0 Å². The Hall–Kier alpha value is -0.910. The van der Waals surface area contributed by atoms with Gasteiger partial charge in [-0.3, -0.25) is 0 Å². The van der Waals surface area contributed by atoms with Crippen LogP contribution in [0, 0.1) is 5.41 Å². The van der Waals surface area contributed by atoms with Crippen molar-refractivity contribution in [2.75, 3.05) is 5.75 Å². The van der Waals surface area contributed by atoms with Crippen molar-refractivity contribution < 1.29 is 8.42 Å². The van der Waals surface area contributed by atoms with Gasteiger partial charge in [0.15, 0.2) is 0 Å². The first-order valence-corrected chi connectivity index (χ1v) is 7.63. The van der Waals surface area contributed by atoms with E-state index in [1.807, 2.05) is 45.0 Å². The highest BCUT2D eigenvalue weighted by Gasteiger charge is 2.21. The molecule has 5 heteroatoms. The molecule has 102 valence electrons. The van der Waals surface area contributed by atoms with Crippen LogP contribution >= 0.6 is 0 Å². The molecule has 1 aromatic carbocycles. The molecule has 0 radical (unpaired) electrons. The van der Waals surface area contributed by atoms with E-state index in [1.165, 1.54) is 0 Å². The van der Waals surface area contributed by atoms with E-state index < -0.39 is 10.0 Å². The SMILES string of the molecule is CC(C)(C)CS(=O)(=O)NCc1ccccc1CN. The Morgan fingerprint density at radius 2 is 1.72 bits per heavy atom. The van der Waals surface area contributed by atoms with Gasteiger partial charge >= 0.3 is 0 Å². The molecule has 0 fully saturated rings. The molecule has 18 heavy (non-hydrogen) atoms. The summed E-state index contributed by atoms with van der Waals surface area (Å²) in [5.41, 5.74) is 7.26. The summed E-state index contributed by atoms with van der Waals surface area (Å²) in [6.07, 6.45) is 0. The predicted molar refractivity (Wildman–Crippen MR) is 74.4 cm³/mol. The van der Waals surface area contributed by atoms with Gasteiger partial charge in [-0.15, -0.1) is 0 Å². The van der Waals surface area contributed by atoms with Gasteiger partial charge in [0, 0.05) is 13.1 Å². The second-order valence-corrected chi connectivity index (χ2v) is 7.42. The van der Waals surface area contributed by atoms with Gasteiger partial charge in [-0.05, 0) is 16.5 Å². The van der Waals surface area contributed by atoms with Crippen LogP contribution in [-0.2, 0) is 23.1 Å². The number of hydrogen-bond acceptors (Lipinski definition) is 3. The lowest BCUT2D eigenvalue weighted by atomic mass is 10.0. The Morgan fingerprint density at radius 1 is 1.17 bits per heavy atom. The molecule has 1 rings (SSSR count). The number of nitrogens with two attached hydrogens (primary N) is 1. The largest absolute Gasteiger partial charge is 0.326 e. The van der Waals surface area contributed by atoms with E-state index in [2.05, 4.69) is 4.72 Å². The van der Waals surface area contributed by atoms with Gasteiger partial charge in [0.2, 0.25) is 10.0 Å². The first kappa shape index (κ1) is 15.1. The standard InChI is InChI=1S/C13H22N2O2S/c1-13(2,3)10-18(16,17)15-9-12-7-5-4-6-11(12)8-14/h4-7,15H,8-10,14H2,1-3H3. The third-order valence-corrected chi connectivity index (χ3v) is 4.27. The number of sulfonamides is 1. The predicted octanol–water partition coefficient (Wildman–Crippen LogP) is 1.61. The van der Waals surface area contributed by atoms with Crippen LogP contribution in [0.4, 0.5) is 0 Å². The first-order chi connectivity index (χ1) is 8.23. The summed E-state index contributed by atoms with van der Waals surface area (Å²) >= 11 is 0. The molecular formula is C13H22N2O2S. The second kappa shape index (κ2) is 5.82. The van der Waals surface area contributed by atoms with Gasteiger partial charge in [-0.1, -0.05) is 45.0 Å². The molecule has 0 spiro atoms. The van der Waals surface area contributed by atoms with E-state index in [-0.39, 0.29) is 11.2 Å². The summed E-state index contributed by atoms with van der Waals surface area (Å²) in [4.78, 5) is 0. The van der Waals surface area contributed by atoms with Crippen LogP contribution in [0.15, 0.2) is 24.3 Å². The van der Waals surface area contributed by atoms with Gasteiger partial charge in [-0.2, -0.15) is 0 Å². The van der Waals surface area contributed by atoms with E-state index in [0.717, 1.165) is 11.1 Å². The van der Waals surface area contributed by atoms with Crippen LogP contribution < -0.4 is 10.5 Å². The molecule has 0 bridgehead atoms. The zero-order valence-corrected chi connectivity index (χ0v) is 12.0. The zero-order valence-electron chi connectivity index (χ0n) is 11.2. The Bertz CT molecular complexity index is 490. The Labute approximate surface area is 110 Å². The number of hydrogen-bond donors (Lipinski definition) is 2. The van der Waals surface area contributed by atoms with Crippen LogP contribution in [0.5, 0.6) is 0 Å². The van der Waals surface area contributed by atoms with Crippen molar-refractivity contribution in [3.8, 4) is 0 Å². The van der Waals surface area contributed by atoms with Gasteiger partial charge in [0.05, 0.1) is 5.75 Å². The molecule has 1 aromatic rings. The average molecular weight is 270 g/mol. The van der Waals surface area contributed by atoms with Crippen LogP contribution in [-0.4, -0.2) is 14.2 Å². The molecule has 3 N–H and O–H groups in total. The van der Waals surface area contributed by atoms with Crippen molar-refractivity contribution in [2.24, 2.45) is 11.1 Å². The smallest absolute Gasteiger partial charge is 0.212 e. The summed E-state index contributed by atoms with van der Waals surface area (Å²) in [7, 11) is -3.25. The summed E-state index contributed by atoms with van der Waals surface area (Å²) < 4.78 is 26.4. The number of benzene rings is 1. The van der Waals surface area contributed by atoms with E-state index in [9.17, 15) is 8.42 Å². The van der Waals surface area contributed by atoms with Gasteiger partial charge in [0.1, 0.15) is 0 Å². The molecule has 0 aliphatic rings. The van der Waals surface area contributed by atoms with Crippen molar-refractivity contribution in [1.82, 2.24) is 4.72 Å². The van der Waals surface area contributed by atoms with Crippen LogP contribution in [0.25, 0.3) is 0 Å². The molecule has 0 amide bonds. The first-order valence-electron chi connectivity index (χ1n) is 5.98. The monoisotopic (exact) mass is 270 g/mol. The van der Waals surface area contributed by atoms with E-state index in [1.54, 1.807) is 0 Å². The maximum atomic E-state index is 11.9. The fourth-order valence-electron chi connectivity index (χ4n) is 1.74. The maximum Gasteiger partial charge on any atom is 0.212 e.